The minimum atomic E-state index is -0.925. The van der Waals surface area contributed by atoms with Gasteiger partial charge in [-0.3, -0.25) is 24.2 Å². The summed E-state index contributed by atoms with van der Waals surface area (Å²) in [5, 5.41) is 8.82. The van der Waals surface area contributed by atoms with E-state index >= 15 is 0 Å². The van der Waals surface area contributed by atoms with E-state index in [1.54, 1.807) is 36.4 Å². The van der Waals surface area contributed by atoms with Gasteiger partial charge in [-0.1, -0.05) is 58.6 Å². The van der Waals surface area contributed by atoms with Gasteiger partial charge in [0.05, 0.1) is 5.56 Å². The lowest BCUT2D eigenvalue weighted by atomic mass is 9.85. The number of hydrogen-bond acceptors (Lipinski definition) is 8. The van der Waals surface area contributed by atoms with E-state index in [0.717, 1.165) is 31.2 Å². The van der Waals surface area contributed by atoms with Crippen molar-refractivity contribution in [3.63, 3.8) is 0 Å². The molecule has 0 spiro atoms. The summed E-state index contributed by atoms with van der Waals surface area (Å²) in [7, 11) is 0. The molecule has 12 nitrogen and oxygen atoms in total. The van der Waals surface area contributed by atoms with Crippen LogP contribution in [0.2, 0.25) is 0 Å². The first-order chi connectivity index (χ1) is 22.6. The molecule has 1 saturated carbocycles. The molecule has 12 heteroatoms. The van der Waals surface area contributed by atoms with Gasteiger partial charge >= 0.3 is 5.97 Å². The van der Waals surface area contributed by atoms with Crippen molar-refractivity contribution in [2.75, 3.05) is 6.79 Å². The lowest BCUT2D eigenvalue weighted by molar-refractivity contribution is -0.133. The molecule has 0 radical (unpaired) electrons. The molecule has 5 atom stereocenters. The van der Waals surface area contributed by atoms with Crippen LogP contribution in [0.25, 0.3) is 0 Å². The van der Waals surface area contributed by atoms with Gasteiger partial charge in [0, 0.05) is 37.2 Å². The summed E-state index contributed by atoms with van der Waals surface area (Å²) in [5.74, 6) is -1.92. The minimum absolute atomic E-state index is 0.181. The topological polar surface area (TPSA) is 179 Å². The molecule has 0 bridgehead atoms. The van der Waals surface area contributed by atoms with Gasteiger partial charge in [-0.2, -0.15) is 0 Å². The average molecular weight is 652 g/mol. The van der Waals surface area contributed by atoms with Crippen LogP contribution in [0.1, 0.15) is 94.5 Å². The predicted octanol–water partition coefficient (Wildman–Crippen LogP) is 3.57. The molecule has 256 valence electrons. The van der Waals surface area contributed by atoms with Crippen LogP contribution in [0.5, 0.6) is 5.75 Å². The standard InChI is InChI=1S/C35H49N5O7/c1-4-6-7-11-30(41)39-29(20-24-12-14-28(15-13-24)46-22-47-35(45)25-16-18-37-19-17-25)33(43)40-31(23(3)5-2)34(44)38-27-10-8-9-26(21-27)32(36)42/h12-19,23,26-27,29,31H,4-11,20-22H2,1-3H3,(H2,36,42)(H,38,44)(H,39,41)(H,40,43). The number of unbranched alkanes of at least 4 members (excludes halogenated alkanes) is 2. The SMILES string of the molecule is CCCCCC(=O)NC(Cc1ccc(OCOC(=O)c2ccncc2)cc1)C(=O)NC(C(=O)NC1CCCC(C(N)=O)C1)C(C)CC. The summed E-state index contributed by atoms with van der Waals surface area (Å²) in [4.78, 5) is 67.8. The number of rotatable bonds is 18. The number of hydrogen-bond donors (Lipinski definition) is 4. The van der Waals surface area contributed by atoms with Crippen molar-refractivity contribution in [3.05, 3.63) is 59.9 Å². The number of nitrogens with one attached hydrogen (secondary N) is 3. The zero-order chi connectivity index (χ0) is 34.2. The van der Waals surface area contributed by atoms with Gasteiger partial charge in [-0.25, -0.2) is 4.79 Å². The molecule has 5 N–H and O–H groups in total. The molecule has 2 aromatic rings. The molecule has 1 aromatic heterocycles. The fraction of sp³-hybridized carbons (Fsp3) is 0.543. The molecule has 0 saturated heterocycles. The number of benzene rings is 1. The molecule has 1 heterocycles. The highest BCUT2D eigenvalue weighted by molar-refractivity contribution is 5.92. The number of carbonyl (C=O) groups is 5. The normalized spacial score (nSPS) is 17.8. The van der Waals surface area contributed by atoms with Crippen LogP contribution in [0.3, 0.4) is 0 Å². The lowest BCUT2D eigenvalue weighted by Crippen LogP contribution is -2.57. The van der Waals surface area contributed by atoms with E-state index in [4.69, 9.17) is 15.2 Å². The van der Waals surface area contributed by atoms with E-state index in [1.165, 1.54) is 12.4 Å². The molecule has 4 amide bonds. The summed E-state index contributed by atoms with van der Waals surface area (Å²) < 4.78 is 10.7. The number of ether oxygens (including phenoxy) is 2. The number of nitrogens with zero attached hydrogens (tertiary/aromatic N) is 1. The highest BCUT2D eigenvalue weighted by Gasteiger charge is 2.33. The summed E-state index contributed by atoms with van der Waals surface area (Å²) in [6.07, 6.45) is 9.38. The van der Waals surface area contributed by atoms with Crippen molar-refractivity contribution < 1.29 is 33.4 Å². The van der Waals surface area contributed by atoms with Crippen molar-refractivity contribution in [2.45, 2.75) is 103 Å². The first kappa shape index (κ1) is 37.0. The first-order valence-corrected chi connectivity index (χ1v) is 16.6. The zero-order valence-electron chi connectivity index (χ0n) is 27.7. The fourth-order valence-corrected chi connectivity index (χ4v) is 5.52. The Kier molecular flexibility index (Phi) is 15.1. The number of nitrogens with two attached hydrogens (primary N) is 1. The Bertz CT molecular complexity index is 1320. The van der Waals surface area contributed by atoms with Crippen LogP contribution in [0.15, 0.2) is 48.8 Å². The van der Waals surface area contributed by atoms with Crippen LogP contribution < -0.4 is 26.4 Å². The Balaban J connectivity index is 1.66. The Morgan fingerprint density at radius 2 is 1.68 bits per heavy atom. The van der Waals surface area contributed by atoms with E-state index < -0.39 is 24.0 Å². The van der Waals surface area contributed by atoms with Crippen molar-refractivity contribution in [3.8, 4) is 5.75 Å². The number of amides is 4. The maximum Gasteiger partial charge on any atom is 0.341 e. The first-order valence-electron chi connectivity index (χ1n) is 16.6. The quantitative estimate of drug-likeness (QED) is 0.107. The van der Waals surface area contributed by atoms with Gasteiger partial charge in [-0.05, 0) is 61.4 Å². The van der Waals surface area contributed by atoms with Crippen LogP contribution in [-0.4, -0.2) is 59.5 Å². The monoisotopic (exact) mass is 651 g/mol. The van der Waals surface area contributed by atoms with Crippen molar-refractivity contribution in [2.24, 2.45) is 17.6 Å². The number of carbonyl (C=O) groups excluding carboxylic acids is 5. The Morgan fingerprint density at radius 3 is 2.34 bits per heavy atom. The summed E-state index contributed by atoms with van der Waals surface area (Å²) >= 11 is 0. The molecule has 1 aliphatic rings. The fourth-order valence-electron chi connectivity index (χ4n) is 5.52. The Labute approximate surface area is 276 Å². The minimum Gasteiger partial charge on any atom is -0.457 e. The zero-order valence-corrected chi connectivity index (χ0v) is 27.7. The molecule has 5 unspecified atom stereocenters. The largest absolute Gasteiger partial charge is 0.457 e. The van der Waals surface area contributed by atoms with Crippen molar-refractivity contribution >= 4 is 29.6 Å². The Morgan fingerprint density at radius 1 is 0.957 bits per heavy atom. The third kappa shape index (κ3) is 12.3. The van der Waals surface area contributed by atoms with Gasteiger partial charge in [0.1, 0.15) is 17.8 Å². The van der Waals surface area contributed by atoms with Gasteiger partial charge in [0.2, 0.25) is 30.4 Å². The highest BCUT2D eigenvalue weighted by atomic mass is 16.7. The average Bonchev–Trinajstić information content (AvgIpc) is 3.07. The molecule has 3 rings (SSSR count). The second kappa shape index (κ2) is 19.2. The van der Waals surface area contributed by atoms with Crippen LogP contribution in [0.4, 0.5) is 0 Å². The lowest BCUT2D eigenvalue weighted by Gasteiger charge is -2.31. The molecule has 1 fully saturated rings. The van der Waals surface area contributed by atoms with E-state index in [-0.39, 0.29) is 48.8 Å². The summed E-state index contributed by atoms with van der Waals surface area (Å²) in [6.45, 7) is 5.59. The van der Waals surface area contributed by atoms with E-state index in [0.29, 0.717) is 43.4 Å². The second-order valence-corrected chi connectivity index (χ2v) is 12.2. The van der Waals surface area contributed by atoms with Gasteiger partial charge < -0.3 is 31.2 Å². The molecular weight excluding hydrogens is 602 g/mol. The summed E-state index contributed by atoms with van der Waals surface area (Å²) in [5.41, 5.74) is 6.64. The molecule has 1 aliphatic carbocycles. The third-order valence-corrected chi connectivity index (χ3v) is 8.57. The molecule has 0 aliphatic heterocycles. The van der Waals surface area contributed by atoms with Crippen molar-refractivity contribution in [1.29, 1.82) is 0 Å². The molecule has 47 heavy (non-hydrogen) atoms. The number of primary amides is 1. The maximum atomic E-state index is 13.7. The highest BCUT2D eigenvalue weighted by Crippen LogP contribution is 2.24. The van der Waals surface area contributed by atoms with Crippen molar-refractivity contribution in [1.82, 2.24) is 20.9 Å². The maximum absolute atomic E-state index is 13.7. The smallest absolute Gasteiger partial charge is 0.341 e. The number of aromatic nitrogens is 1. The van der Waals surface area contributed by atoms with Gasteiger partial charge in [-0.15, -0.1) is 0 Å². The van der Waals surface area contributed by atoms with Crippen LogP contribution >= 0.6 is 0 Å². The van der Waals surface area contributed by atoms with Gasteiger partial charge in [0.25, 0.3) is 0 Å². The summed E-state index contributed by atoms with van der Waals surface area (Å²) in [6, 6.07) is 8.03. The molecule has 1 aromatic carbocycles. The van der Waals surface area contributed by atoms with E-state index in [9.17, 15) is 24.0 Å². The van der Waals surface area contributed by atoms with Gasteiger partial charge in [0.15, 0.2) is 0 Å². The van der Waals surface area contributed by atoms with Crippen LogP contribution in [-0.2, 0) is 30.3 Å². The Hall–Kier alpha value is -4.48. The number of esters is 1. The van der Waals surface area contributed by atoms with E-state index in [2.05, 4.69) is 20.9 Å². The predicted molar refractivity (Wildman–Crippen MR) is 176 cm³/mol. The van der Waals surface area contributed by atoms with E-state index in [1.807, 2.05) is 20.8 Å². The number of pyridine rings is 1. The second-order valence-electron chi connectivity index (χ2n) is 12.2. The van der Waals surface area contributed by atoms with Crippen LogP contribution in [0, 0.1) is 11.8 Å². The third-order valence-electron chi connectivity index (χ3n) is 8.57. The molecular formula is C35H49N5O7.